The first-order valence-electron chi connectivity index (χ1n) is 3.51. The van der Waals surface area contributed by atoms with Gasteiger partial charge < -0.3 is 16.8 Å². The number of nitrogens with two attached hydrogens (primary N) is 2. The Bertz CT molecular complexity index is 187. The van der Waals surface area contributed by atoms with Crippen molar-refractivity contribution in [1.82, 2.24) is 5.32 Å². The summed E-state index contributed by atoms with van der Waals surface area (Å²) in [6, 6.07) is -0.954. The summed E-state index contributed by atoms with van der Waals surface area (Å²) in [6.45, 7) is 0. The molecule has 1 rings (SSSR count). The Labute approximate surface area is 64.6 Å². The summed E-state index contributed by atoms with van der Waals surface area (Å²) >= 11 is 0. The molecule has 0 aliphatic heterocycles. The van der Waals surface area contributed by atoms with Crippen LogP contribution in [0, 0.1) is 11.3 Å². The van der Waals surface area contributed by atoms with Gasteiger partial charge in [0.05, 0.1) is 6.04 Å². The zero-order valence-corrected chi connectivity index (χ0v) is 6.13. The first-order valence-corrected chi connectivity index (χ1v) is 3.51. The third-order valence-corrected chi connectivity index (χ3v) is 1.73. The van der Waals surface area contributed by atoms with Crippen molar-refractivity contribution >= 4 is 11.9 Å². The van der Waals surface area contributed by atoms with Gasteiger partial charge in [0.1, 0.15) is 5.84 Å². The second-order valence-corrected chi connectivity index (χ2v) is 2.78. The minimum Gasteiger partial charge on any atom is -0.386 e. The maximum Gasteiger partial charge on any atom is 0.312 e. The number of hydrogen-bond donors (Lipinski definition) is 4. The topological polar surface area (TPSA) is 105 Å². The van der Waals surface area contributed by atoms with E-state index in [4.69, 9.17) is 16.9 Å². The minimum atomic E-state index is -0.614. The van der Waals surface area contributed by atoms with Crippen molar-refractivity contribution in [3.63, 3.8) is 0 Å². The van der Waals surface area contributed by atoms with Crippen molar-refractivity contribution in [2.45, 2.75) is 18.9 Å². The van der Waals surface area contributed by atoms with Gasteiger partial charge in [-0.05, 0) is 18.8 Å². The lowest BCUT2D eigenvalue weighted by molar-refractivity contribution is 0.246. The summed E-state index contributed by atoms with van der Waals surface area (Å²) in [5, 5.41) is 9.55. The Hall–Kier alpha value is -1.26. The average Bonchev–Trinajstić information content (AvgIpc) is 2.63. The molecule has 5 heteroatoms. The summed E-state index contributed by atoms with van der Waals surface area (Å²) in [5.74, 6) is 0.325. The van der Waals surface area contributed by atoms with Gasteiger partial charge in [-0.3, -0.25) is 5.41 Å². The first kappa shape index (κ1) is 7.84. The molecule has 0 spiro atoms. The van der Waals surface area contributed by atoms with Crippen molar-refractivity contribution in [2.24, 2.45) is 17.4 Å². The van der Waals surface area contributed by atoms with E-state index in [1.54, 1.807) is 0 Å². The van der Waals surface area contributed by atoms with Crippen LogP contribution in [0.5, 0.6) is 0 Å². The molecule has 5 nitrogen and oxygen atoms in total. The molecule has 6 N–H and O–H groups in total. The third-order valence-electron chi connectivity index (χ3n) is 1.73. The average molecular weight is 156 g/mol. The number of nitrogens with one attached hydrogen (secondary N) is 2. The summed E-state index contributed by atoms with van der Waals surface area (Å²) in [7, 11) is 0. The van der Waals surface area contributed by atoms with Crippen LogP contribution >= 0.6 is 0 Å². The maximum absolute atomic E-state index is 10.4. The van der Waals surface area contributed by atoms with E-state index in [0.29, 0.717) is 5.92 Å². The fraction of sp³-hybridized carbons (Fsp3) is 0.667. The SMILES string of the molecule is N=C(N)C(NC(N)=O)C1CC1. The molecular formula is C6H12N4O. The van der Waals surface area contributed by atoms with Gasteiger partial charge in [0.15, 0.2) is 0 Å². The van der Waals surface area contributed by atoms with Crippen LogP contribution in [0.3, 0.4) is 0 Å². The molecule has 0 bridgehead atoms. The van der Waals surface area contributed by atoms with Crippen LogP contribution in [0.15, 0.2) is 0 Å². The summed E-state index contributed by atoms with van der Waals surface area (Å²) < 4.78 is 0. The number of hydrogen-bond acceptors (Lipinski definition) is 2. The first-order chi connectivity index (χ1) is 5.11. The number of amidine groups is 1. The molecule has 1 saturated carbocycles. The molecule has 62 valence electrons. The fourth-order valence-corrected chi connectivity index (χ4v) is 1.03. The maximum atomic E-state index is 10.4. The van der Waals surface area contributed by atoms with Crippen molar-refractivity contribution in [3.05, 3.63) is 0 Å². The number of carbonyl (C=O) groups excluding carboxylic acids is 1. The van der Waals surface area contributed by atoms with E-state index in [9.17, 15) is 4.79 Å². The van der Waals surface area contributed by atoms with E-state index in [1.807, 2.05) is 0 Å². The van der Waals surface area contributed by atoms with E-state index < -0.39 is 6.03 Å². The molecule has 0 aromatic carbocycles. The summed E-state index contributed by atoms with van der Waals surface area (Å²) in [6.07, 6.45) is 2.04. The monoisotopic (exact) mass is 156 g/mol. The molecule has 0 aromatic rings. The van der Waals surface area contributed by atoms with Crippen LogP contribution in [-0.4, -0.2) is 17.9 Å². The molecule has 1 unspecified atom stereocenters. The molecule has 1 fully saturated rings. The number of carbonyl (C=O) groups is 1. The van der Waals surface area contributed by atoms with Crippen molar-refractivity contribution in [1.29, 1.82) is 5.41 Å². The second-order valence-electron chi connectivity index (χ2n) is 2.78. The lowest BCUT2D eigenvalue weighted by Crippen LogP contribution is -2.47. The fourth-order valence-electron chi connectivity index (χ4n) is 1.03. The van der Waals surface area contributed by atoms with Gasteiger partial charge in [0.25, 0.3) is 0 Å². The largest absolute Gasteiger partial charge is 0.386 e. The van der Waals surface area contributed by atoms with E-state index in [0.717, 1.165) is 12.8 Å². The third kappa shape index (κ3) is 2.10. The Morgan fingerprint density at radius 2 is 2.09 bits per heavy atom. The number of urea groups is 1. The van der Waals surface area contributed by atoms with E-state index in [1.165, 1.54) is 0 Å². The van der Waals surface area contributed by atoms with Gasteiger partial charge in [-0.2, -0.15) is 0 Å². The highest BCUT2D eigenvalue weighted by Gasteiger charge is 2.33. The smallest absolute Gasteiger partial charge is 0.312 e. The lowest BCUT2D eigenvalue weighted by Gasteiger charge is -2.14. The molecule has 1 aliphatic carbocycles. The Morgan fingerprint density at radius 3 is 2.36 bits per heavy atom. The van der Waals surface area contributed by atoms with Gasteiger partial charge in [-0.1, -0.05) is 0 Å². The Kier molecular flexibility index (Phi) is 1.98. The van der Waals surface area contributed by atoms with Crippen LogP contribution < -0.4 is 16.8 Å². The normalized spacial score (nSPS) is 18.9. The predicted molar refractivity (Wildman–Crippen MR) is 41.1 cm³/mol. The van der Waals surface area contributed by atoms with Crippen molar-refractivity contribution in [3.8, 4) is 0 Å². The van der Waals surface area contributed by atoms with Gasteiger partial charge in [-0.25, -0.2) is 4.79 Å². The standard InChI is InChI=1S/C6H12N4O/c7-5(8)4(3-1-2-3)10-6(9)11/h3-4H,1-2H2,(H3,7,8)(H3,9,10,11). The Balaban J connectivity index is 2.45. The number of amides is 2. The van der Waals surface area contributed by atoms with Crippen LogP contribution in [0.4, 0.5) is 4.79 Å². The predicted octanol–water partition coefficient (Wildman–Crippen LogP) is -0.631. The van der Waals surface area contributed by atoms with E-state index in [2.05, 4.69) is 5.32 Å². The van der Waals surface area contributed by atoms with E-state index in [-0.39, 0.29) is 11.9 Å². The number of rotatable bonds is 3. The molecular weight excluding hydrogens is 144 g/mol. The molecule has 11 heavy (non-hydrogen) atoms. The van der Waals surface area contributed by atoms with Gasteiger partial charge in [0, 0.05) is 0 Å². The van der Waals surface area contributed by atoms with Crippen LogP contribution in [0.25, 0.3) is 0 Å². The molecule has 1 atom stereocenters. The van der Waals surface area contributed by atoms with Gasteiger partial charge >= 0.3 is 6.03 Å². The van der Waals surface area contributed by atoms with Crippen molar-refractivity contribution < 1.29 is 4.79 Å². The zero-order valence-electron chi connectivity index (χ0n) is 6.13. The van der Waals surface area contributed by atoms with Crippen LogP contribution in [0.1, 0.15) is 12.8 Å². The van der Waals surface area contributed by atoms with Gasteiger partial charge in [0.2, 0.25) is 0 Å². The molecule has 0 heterocycles. The summed E-state index contributed by atoms with van der Waals surface area (Å²) in [5.41, 5.74) is 10.1. The van der Waals surface area contributed by atoms with Gasteiger partial charge in [-0.15, -0.1) is 0 Å². The van der Waals surface area contributed by atoms with E-state index >= 15 is 0 Å². The quantitative estimate of drug-likeness (QED) is 0.322. The van der Waals surface area contributed by atoms with Crippen LogP contribution in [-0.2, 0) is 0 Å². The van der Waals surface area contributed by atoms with Crippen LogP contribution in [0.2, 0.25) is 0 Å². The summed E-state index contributed by atoms with van der Waals surface area (Å²) in [4.78, 5) is 10.4. The Morgan fingerprint density at radius 1 is 1.55 bits per heavy atom. The molecule has 0 saturated heterocycles. The molecule has 1 aliphatic rings. The second kappa shape index (κ2) is 2.77. The number of primary amides is 1. The highest BCUT2D eigenvalue weighted by Crippen LogP contribution is 2.32. The molecule has 0 radical (unpaired) electrons. The highest BCUT2D eigenvalue weighted by atomic mass is 16.2. The van der Waals surface area contributed by atoms with Crippen molar-refractivity contribution in [2.75, 3.05) is 0 Å². The highest BCUT2D eigenvalue weighted by molar-refractivity contribution is 5.87. The lowest BCUT2D eigenvalue weighted by atomic mass is 10.2. The zero-order chi connectivity index (χ0) is 8.43. The molecule has 2 amide bonds. The minimum absolute atomic E-state index is 0.00806. The molecule has 0 aromatic heterocycles.